The lowest BCUT2D eigenvalue weighted by atomic mass is 10.2. The zero-order valence-electron chi connectivity index (χ0n) is 12.6. The van der Waals surface area contributed by atoms with Crippen LogP contribution in [0.4, 0.5) is 0 Å². The van der Waals surface area contributed by atoms with E-state index in [-0.39, 0.29) is 0 Å². The van der Waals surface area contributed by atoms with Crippen molar-refractivity contribution in [3.8, 4) is 5.75 Å². The van der Waals surface area contributed by atoms with Gasteiger partial charge in [0.25, 0.3) is 0 Å². The van der Waals surface area contributed by atoms with Crippen LogP contribution >= 0.6 is 0 Å². The summed E-state index contributed by atoms with van der Waals surface area (Å²) < 4.78 is 13.0. The minimum Gasteiger partial charge on any atom is -0.482 e. The lowest BCUT2D eigenvalue weighted by molar-refractivity contribution is 0.267. The monoisotopic (exact) mass is 277 g/mol. The quantitative estimate of drug-likeness (QED) is 0.845. The van der Waals surface area contributed by atoms with E-state index in [1.807, 2.05) is 20.2 Å². The molecule has 0 radical (unpaired) electrons. The second-order valence-electron chi connectivity index (χ2n) is 5.46. The Morgan fingerprint density at radius 1 is 1.45 bits per heavy atom. The molecule has 0 atom stereocenters. The number of hydrogen-bond donors (Lipinski definition) is 1. The standard InChI is InChI=1S/C15H23N3O2/c1-11(2)6-16-7-13-5-14(20-12(13)3)10-19-15-8-17-18(4)9-15/h5,8-9,11,16H,6-7,10H2,1-4H3. The van der Waals surface area contributed by atoms with Gasteiger partial charge in [-0.2, -0.15) is 5.10 Å². The average molecular weight is 277 g/mol. The molecule has 0 unspecified atom stereocenters. The predicted molar refractivity (Wildman–Crippen MR) is 77.5 cm³/mol. The summed E-state index contributed by atoms with van der Waals surface area (Å²) in [5.74, 6) is 3.19. The summed E-state index contributed by atoms with van der Waals surface area (Å²) in [5, 5.41) is 7.48. The van der Waals surface area contributed by atoms with Gasteiger partial charge in [-0.05, 0) is 25.5 Å². The van der Waals surface area contributed by atoms with Crippen LogP contribution in [0.2, 0.25) is 0 Å². The molecule has 0 aliphatic rings. The lowest BCUT2D eigenvalue weighted by Gasteiger charge is -2.05. The van der Waals surface area contributed by atoms with Gasteiger partial charge < -0.3 is 14.5 Å². The molecule has 0 fully saturated rings. The molecule has 0 aromatic carbocycles. The molecule has 2 heterocycles. The third-order valence-corrected chi connectivity index (χ3v) is 3.00. The number of nitrogens with one attached hydrogen (secondary N) is 1. The maximum atomic E-state index is 5.71. The van der Waals surface area contributed by atoms with Crippen LogP contribution in [-0.2, 0) is 20.2 Å². The molecule has 20 heavy (non-hydrogen) atoms. The lowest BCUT2D eigenvalue weighted by Crippen LogP contribution is -2.18. The summed E-state index contributed by atoms with van der Waals surface area (Å²) in [6.07, 6.45) is 3.53. The molecule has 0 amide bonds. The summed E-state index contributed by atoms with van der Waals surface area (Å²) in [4.78, 5) is 0. The molecular formula is C15H23N3O2. The molecule has 110 valence electrons. The number of aromatic nitrogens is 2. The smallest absolute Gasteiger partial charge is 0.157 e. The van der Waals surface area contributed by atoms with Gasteiger partial charge in [0.2, 0.25) is 0 Å². The van der Waals surface area contributed by atoms with Crippen molar-refractivity contribution in [2.75, 3.05) is 6.54 Å². The van der Waals surface area contributed by atoms with Gasteiger partial charge >= 0.3 is 0 Å². The van der Waals surface area contributed by atoms with Gasteiger partial charge in [0.15, 0.2) is 5.75 Å². The van der Waals surface area contributed by atoms with Crippen molar-refractivity contribution < 1.29 is 9.15 Å². The zero-order valence-corrected chi connectivity index (χ0v) is 12.6. The molecule has 2 rings (SSSR count). The van der Waals surface area contributed by atoms with Crippen LogP contribution < -0.4 is 10.1 Å². The molecule has 5 heteroatoms. The van der Waals surface area contributed by atoms with Gasteiger partial charge in [-0.1, -0.05) is 13.8 Å². The Balaban J connectivity index is 1.86. The highest BCUT2D eigenvalue weighted by Crippen LogP contribution is 2.17. The van der Waals surface area contributed by atoms with Gasteiger partial charge in [0.05, 0.1) is 12.4 Å². The number of hydrogen-bond acceptors (Lipinski definition) is 4. The van der Waals surface area contributed by atoms with Crippen LogP contribution in [-0.4, -0.2) is 16.3 Å². The third kappa shape index (κ3) is 4.13. The largest absolute Gasteiger partial charge is 0.482 e. The maximum absolute atomic E-state index is 5.71. The molecule has 0 aliphatic heterocycles. The molecule has 2 aromatic heterocycles. The number of furan rings is 1. The second kappa shape index (κ2) is 6.61. The minimum absolute atomic E-state index is 0.427. The van der Waals surface area contributed by atoms with Gasteiger partial charge in [-0.15, -0.1) is 0 Å². The number of aryl methyl sites for hydroxylation is 2. The van der Waals surface area contributed by atoms with E-state index in [0.717, 1.165) is 30.4 Å². The highest BCUT2D eigenvalue weighted by atomic mass is 16.5. The van der Waals surface area contributed by atoms with Crippen LogP contribution in [0, 0.1) is 12.8 Å². The maximum Gasteiger partial charge on any atom is 0.157 e. The van der Waals surface area contributed by atoms with Crippen LogP contribution in [0.3, 0.4) is 0 Å². The molecule has 0 spiro atoms. The van der Waals surface area contributed by atoms with Crippen molar-refractivity contribution in [3.63, 3.8) is 0 Å². The fourth-order valence-corrected chi connectivity index (χ4v) is 1.96. The molecular weight excluding hydrogens is 254 g/mol. The first-order chi connectivity index (χ1) is 9.54. The Morgan fingerprint density at radius 3 is 2.90 bits per heavy atom. The van der Waals surface area contributed by atoms with Crippen molar-refractivity contribution in [2.45, 2.75) is 33.9 Å². The minimum atomic E-state index is 0.427. The van der Waals surface area contributed by atoms with Crippen molar-refractivity contribution >= 4 is 0 Å². The van der Waals surface area contributed by atoms with Crippen molar-refractivity contribution in [2.24, 2.45) is 13.0 Å². The zero-order chi connectivity index (χ0) is 14.5. The van der Waals surface area contributed by atoms with E-state index >= 15 is 0 Å². The molecule has 1 N–H and O–H groups in total. The van der Waals surface area contributed by atoms with Gasteiger partial charge in [-0.25, -0.2) is 0 Å². The fraction of sp³-hybridized carbons (Fsp3) is 0.533. The molecule has 2 aromatic rings. The van der Waals surface area contributed by atoms with Crippen LogP contribution in [0.5, 0.6) is 5.75 Å². The predicted octanol–water partition coefficient (Wildman–Crippen LogP) is 2.65. The molecule has 0 saturated heterocycles. The summed E-state index contributed by atoms with van der Waals surface area (Å²) in [7, 11) is 1.86. The topological polar surface area (TPSA) is 52.2 Å². The highest BCUT2D eigenvalue weighted by Gasteiger charge is 2.08. The van der Waals surface area contributed by atoms with E-state index in [0.29, 0.717) is 12.5 Å². The fourth-order valence-electron chi connectivity index (χ4n) is 1.96. The van der Waals surface area contributed by atoms with Crippen molar-refractivity contribution in [1.29, 1.82) is 0 Å². The van der Waals surface area contributed by atoms with Gasteiger partial charge in [0, 0.05) is 19.2 Å². The van der Waals surface area contributed by atoms with Crippen LogP contribution in [0.15, 0.2) is 22.9 Å². The van der Waals surface area contributed by atoms with E-state index in [1.165, 1.54) is 5.56 Å². The van der Waals surface area contributed by atoms with Crippen molar-refractivity contribution in [1.82, 2.24) is 15.1 Å². The third-order valence-electron chi connectivity index (χ3n) is 3.00. The normalized spacial score (nSPS) is 11.2. The molecule has 0 aliphatic carbocycles. The molecule has 5 nitrogen and oxygen atoms in total. The summed E-state index contributed by atoms with van der Waals surface area (Å²) in [5.41, 5.74) is 1.19. The Labute approximate surface area is 119 Å². The van der Waals surface area contributed by atoms with E-state index < -0.39 is 0 Å². The number of rotatable bonds is 7. The van der Waals surface area contributed by atoms with E-state index in [4.69, 9.17) is 9.15 Å². The molecule has 0 saturated carbocycles. The Hall–Kier alpha value is -1.75. The summed E-state index contributed by atoms with van der Waals surface area (Å²) >= 11 is 0. The first-order valence-electron chi connectivity index (χ1n) is 6.95. The van der Waals surface area contributed by atoms with E-state index in [1.54, 1.807) is 10.9 Å². The Morgan fingerprint density at radius 2 is 2.25 bits per heavy atom. The van der Waals surface area contributed by atoms with E-state index in [2.05, 4.69) is 30.3 Å². The SMILES string of the molecule is Cc1oc(COc2cnn(C)c2)cc1CNCC(C)C. The number of nitrogens with zero attached hydrogens (tertiary/aromatic N) is 2. The van der Waals surface area contributed by atoms with Crippen LogP contribution in [0.25, 0.3) is 0 Å². The summed E-state index contributed by atoms with van der Waals surface area (Å²) in [6, 6.07) is 2.05. The first kappa shape index (κ1) is 14.7. The highest BCUT2D eigenvalue weighted by molar-refractivity contribution is 5.21. The van der Waals surface area contributed by atoms with Gasteiger partial charge in [0.1, 0.15) is 18.1 Å². The van der Waals surface area contributed by atoms with Crippen molar-refractivity contribution in [3.05, 3.63) is 35.5 Å². The van der Waals surface area contributed by atoms with Gasteiger partial charge in [-0.3, -0.25) is 4.68 Å². The average Bonchev–Trinajstić information content (AvgIpc) is 2.93. The van der Waals surface area contributed by atoms with Crippen LogP contribution in [0.1, 0.15) is 30.9 Å². The molecule has 0 bridgehead atoms. The van der Waals surface area contributed by atoms with E-state index in [9.17, 15) is 0 Å². The Kier molecular flexibility index (Phi) is 4.84. The Bertz CT molecular complexity index is 543. The summed E-state index contributed by atoms with van der Waals surface area (Å²) in [6.45, 7) is 8.65. The second-order valence-corrected chi connectivity index (χ2v) is 5.46. The number of ether oxygens (including phenoxy) is 1. The first-order valence-corrected chi connectivity index (χ1v) is 6.95.